The molecule has 10 nitrogen and oxygen atoms in total. The summed E-state index contributed by atoms with van der Waals surface area (Å²) in [5.41, 5.74) is 0.543. The summed E-state index contributed by atoms with van der Waals surface area (Å²) in [4.78, 5) is 52.9. The number of pyridine rings is 1. The van der Waals surface area contributed by atoms with Crippen LogP contribution in [-0.4, -0.2) is 63.0 Å². The number of hydrogen-bond donors (Lipinski definition) is 1. The zero-order valence-electron chi connectivity index (χ0n) is 20.4. The van der Waals surface area contributed by atoms with E-state index in [1.165, 1.54) is 0 Å². The molecule has 2 fully saturated rings. The van der Waals surface area contributed by atoms with Crippen molar-refractivity contribution in [3.63, 3.8) is 0 Å². The molecule has 0 radical (unpaired) electrons. The Morgan fingerprint density at radius 1 is 1.28 bits per heavy atom. The Hall–Kier alpha value is -3.17. The average Bonchev–Trinajstić information content (AvgIpc) is 3.10. The molecule has 1 aromatic heterocycles. The first-order valence-electron chi connectivity index (χ1n) is 11.7. The number of thioether (sulfide) groups is 1. The lowest BCUT2D eigenvalue weighted by Crippen LogP contribution is -2.41. The lowest BCUT2D eigenvalue weighted by molar-refractivity contribution is -0.148. The number of nitrogens with zero attached hydrogens (tertiary/aromatic N) is 4. The molecule has 12 heteroatoms. The number of carboxylic acid groups (broad SMARTS) is 1. The summed E-state index contributed by atoms with van der Waals surface area (Å²) in [6.07, 6.45) is 3.31. The fraction of sp³-hybridized carbons (Fsp3) is 0.500. The minimum absolute atomic E-state index is 0.0131. The molecule has 36 heavy (non-hydrogen) atoms. The molecular weight excluding hydrogens is 504 g/mol. The molecule has 0 atom stereocenters. The van der Waals surface area contributed by atoms with E-state index in [1.807, 2.05) is 17.9 Å². The van der Waals surface area contributed by atoms with Crippen LogP contribution in [-0.2, 0) is 25.7 Å². The van der Waals surface area contributed by atoms with Crippen LogP contribution in [0.1, 0.15) is 49.8 Å². The van der Waals surface area contributed by atoms with E-state index in [0.717, 1.165) is 16.7 Å². The molecule has 1 amide bonds. The van der Waals surface area contributed by atoms with Gasteiger partial charge < -0.3 is 14.7 Å². The van der Waals surface area contributed by atoms with Gasteiger partial charge in [-0.05, 0) is 44.7 Å². The molecule has 2 aliphatic heterocycles. The number of piperidine rings is 1. The van der Waals surface area contributed by atoms with Crippen molar-refractivity contribution in [1.82, 2.24) is 9.47 Å². The molecule has 0 saturated carbocycles. The number of ether oxygens (including phenoxy) is 1. The molecule has 2 saturated heterocycles. The first kappa shape index (κ1) is 27.4. The standard InChI is InChI=1S/C24H28N4O6S2/c1-4-8-27-20(26-9-6-15(7-10-26)23(33)34-5-2)16(14(3)17(12-25)21(27)31)11-18-22(32)28(13-19(29)30)24(35)36-18/h11,15H,4-10,13H2,1-3H3,(H,29,30)/b18-11+. The Balaban J connectivity index is 2.12. The second kappa shape index (κ2) is 11.7. The summed E-state index contributed by atoms with van der Waals surface area (Å²) in [7, 11) is 0. The number of aromatic nitrogens is 1. The fourth-order valence-electron chi connectivity index (χ4n) is 4.41. The van der Waals surface area contributed by atoms with Gasteiger partial charge >= 0.3 is 11.9 Å². The third kappa shape index (κ3) is 5.47. The van der Waals surface area contributed by atoms with Crippen LogP contribution in [0.15, 0.2) is 9.70 Å². The quantitative estimate of drug-likeness (QED) is 0.302. The first-order chi connectivity index (χ1) is 17.1. The molecule has 1 aromatic rings. The summed E-state index contributed by atoms with van der Waals surface area (Å²) in [6.45, 7) is 6.45. The van der Waals surface area contributed by atoms with Gasteiger partial charge in [-0.2, -0.15) is 5.26 Å². The van der Waals surface area contributed by atoms with Crippen molar-refractivity contribution in [1.29, 1.82) is 5.26 Å². The van der Waals surface area contributed by atoms with Gasteiger partial charge in [0.25, 0.3) is 11.5 Å². The number of aliphatic carboxylic acids is 1. The highest BCUT2D eigenvalue weighted by Crippen LogP contribution is 2.36. The zero-order valence-corrected chi connectivity index (χ0v) is 22.0. The Kier molecular flexibility index (Phi) is 8.92. The van der Waals surface area contributed by atoms with Gasteiger partial charge in [0, 0.05) is 25.2 Å². The van der Waals surface area contributed by atoms with Gasteiger partial charge in [0.15, 0.2) is 0 Å². The maximum Gasteiger partial charge on any atom is 0.323 e. The Bertz CT molecular complexity index is 1220. The van der Waals surface area contributed by atoms with Crippen molar-refractivity contribution in [2.24, 2.45) is 5.92 Å². The highest BCUT2D eigenvalue weighted by molar-refractivity contribution is 8.26. The predicted molar refractivity (Wildman–Crippen MR) is 140 cm³/mol. The molecule has 3 rings (SSSR count). The number of nitriles is 1. The third-order valence-electron chi connectivity index (χ3n) is 6.15. The number of amides is 1. The summed E-state index contributed by atoms with van der Waals surface area (Å²) in [5.74, 6) is -1.61. The van der Waals surface area contributed by atoms with Gasteiger partial charge in [-0.25, -0.2) is 0 Å². The van der Waals surface area contributed by atoms with Crippen LogP contribution in [0.3, 0.4) is 0 Å². The van der Waals surface area contributed by atoms with Gasteiger partial charge in [0.05, 0.1) is 17.4 Å². The Morgan fingerprint density at radius 2 is 1.94 bits per heavy atom. The summed E-state index contributed by atoms with van der Waals surface area (Å²) in [5, 5.41) is 18.9. The molecule has 1 N–H and O–H groups in total. The fourth-order valence-corrected chi connectivity index (χ4v) is 5.64. The summed E-state index contributed by atoms with van der Waals surface area (Å²) in [6, 6.07) is 2.00. The van der Waals surface area contributed by atoms with Gasteiger partial charge in [-0.3, -0.25) is 28.6 Å². The van der Waals surface area contributed by atoms with Crippen molar-refractivity contribution in [2.75, 3.05) is 31.1 Å². The normalized spacial score (nSPS) is 17.6. The number of rotatable bonds is 8. The zero-order chi connectivity index (χ0) is 26.6. The molecule has 0 bridgehead atoms. The van der Waals surface area contributed by atoms with Crippen molar-refractivity contribution in [2.45, 2.75) is 46.6 Å². The molecule has 192 valence electrons. The SMILES string of the molecule is CCCn1c(N2CCC(C(=O)OCC)CC2)c(/C=C2/SC(=S)N(CC(=O)O)C2=O)c(C)c(C#N)c1=O. The largest absolute Gasteiger partial charge is 0.480 e. The Labute approximate surface area is 218 Å². The number of anilines is 1. The van der Waals surface area contributed by atoms with Crippen LogP contribution in [0.25, 0.3) is 6.08 Å². The summed E-state index contributed by atoms with van der Waals surface area (Å²) < 4.78 is 6.85. The van der Waals surface area contributed by atoms with E-state index >= 15 is 0 Å². The third-order valence-corrected chi connectivity index (χ3v) is 7.53. The van der Waals surface area contributed by atoms with Crippen molar-refractivity contribution in [3.05, 3.63) is 31.9 Å². The molecule has 3 heterocycles. The first-order valence-corrected chi connectivity index (χ1v) is 12.9. The molecular formula is C24H28N4O6S2. The molecule has 2 aliphatic rings. The Morgan fingerprint density at radius 3 is 2.50 bits per heavy atom. The van der Waals surface area contributed by atoms with Gasteiger partial charge in [0.1, 0.15) is 28.3 Å². The van der Waals surface area contributed by atoms with Crippen LogP contribution < -0.4 is 10.5 Å². The smallest absolute Gasteiger partial charge is 0.323 e. The number of thiocarbonyl (C=S) groups is 1. The predicted octanol–water partition coefficient (Wildman–Crippen LogP) is 2.50. The monoisotopic (exact) mass is 532 g/mol. The van der Waals surface area contributed by atoms with Crippen molar-refractivity contribution < 1.29 is 24.2 Å². The number of carboxylic acids is 1. The molecule has 0 spiro atoms. The van der Waals surface area contributed by atoms with E-state index in [4.69, 9.17) is 22.1 Å². The van der Waals surface area contributed by atoms with Crippen LogP contribution in [0.2, 0.25) is 0 Å². The van der Waals surface area contributed by atoms with E-state index in [-0.39, 0.29) is 26.7 Å². The maximum absolute atomic E-state index is 13.3. The van der Waals surface area contributed by atoms with E-state index in [9.17, 15) is 24.4 Å². The second-order valence-corrected chi connectivity index (χ2v) is 10.2. The molecule has 0 aromatic carbocycles. The minimum atomic E-state index is -1.18. The lowest BCUT2D eigenvalue weighted by atomic mass is 9.95. The maximum atomic E-state index is 13.3. The van der Waals surface area contributed by atoms with E-state index in [1.54, 1.807) is 24.5 Å². The molecule has 0 aliphatic carbocycles. The minimum Gasteiger partial charge on any atom is -0.480 e. The number of hydrogen-bond acceptors (Lipinski definition) is 9. The number of carbonyl (C=O) groups is 3. The van der Waals surface area contributed by atoms with Gasteiger partial charge in [-0.15, -0.1) is 0 Å². The van der Waals surface area contributed by atoms with Crippen LogP contribution in [0.4, 0.5) is 5.82 Å². The van der Waals surface area contributed by atoms with Crippen molar-refractivity contribution >= 4 is 58.0 Å². The lowest BCUT2D eigenvalue weighted by Gasteiger charge is -2.35. The van der Waals surface area contributed by atoms with E-state index in [2.05, 4.69) is 0 Å². The van der Waals surface area contributed by atoms with Gasteiger partial charge in [-0.1, -0.05) is 30.9 Å². The van der Waals surface area contributed by atoms with E-state index in [0.29, 0.717) is 62.4 Å². The number of carbonyl (C=O) groups excluding carboxylic acids is 2. The van der Waals surface area contributed by atoms with Crippen LogP contribution >= 0.6 is 24.0 Å². The van der Waals surface area contributed by atoms with E-state index < -0.39 is 24.0 Å². The highest BCUT2D eigenvalue weighted by Gasteiger charge is 2.35. The van der Waals surface area contributed by atoms with Crippen LogP contribution in [0, 0.1) is 24.2 Å². The second-order valence-electron chi connectivity index (χ2n) is 8.48. The summed E-state index contributed by atoms with van der Waals surface area (Å²) >= 11 is 6.20. The van der Waals surface area contributed by atoms with Crippen molar-refractivity contribution in [3.8, 4) is 6.07 Å². The highest BCUT2D eigenvalue weighted by atomic mass is 32.2. The topological polar surface area (TPSA) is 133 Å². The van der Waals surface area contributed by atoms with Gasteiger partial charge in [0.2, 0.25) is 0 Å². The van der Waals surface area contributed by atoms with Crippen LogP contribution in [0.5, 0.6) is 0 Å². The molecule has 0 unspecified atom stereocenters. The number of esters is 1. The average molecular weight is 533 g/mol.